The third kappa shape index (κ3) is 9.86. The number of carbonyl (C=O) groups excluding carboxylic acids is 2. The Balaban J connectivity index is 1.17. The van der Waals surface area contributed by atoms with Crippen LogP contribution in [0, 0.1) is 0 Å². The maximum Gasteiger partial charge on any atom is 0.325 e. The fraction of sp³-hybridized carbons (Fsp3) is 0.410. The van der Waals surface area contributed by atoms with Gasteiger partial charge < -0.3 is 20.5 Å². The number of aromatic nitrogens is 2. The van der Waals surface area contributed by atoms with Gasteiger partial charge in [-0.3, -0.25) is 14.4 Å². The summed E-state index contributed by atoms with van der Waals surface area (Å²) in [5, 5.41) is 14.6. The number of amides is 2. The predicted octanol–water partition coefficient (Wildman–Crippen LogP) is 6.87. The number of carboxylic acids is 1. The van der Waals surface area contributed by atoms with Crippen molar-refractivity contribution in [1.29, 1.82) is 0 Å². The minimum absolute atomic E-state index is 0.177. The Labute approximate surface area is 282 Å². The van der Waals surface area contributed by atoms with E-state index in [0.29, 0.717) is 17.3 Å². The van der Waals surface area contributed by atoms with Crippen LogP contribution < -0.4 is 10.6 Å². The number of carboxylic acid groups (broad SMARTS) is 1. The molecule has 3 atom stereocenters. The van der Waals surface area contributed by atoms with Gasteiger partial charge in [0.2, 0.25) is 5.91 Å². The summed E-state index contributed by atoms with van der Waals surface area (Å²) in [7, 11) is 0. The van der Waals surface area contributed by atoms with Crippen molar-refractivity contribution in [2.24, 2.45) is 0 Å². The highest BCUT2D eigenvalue weighted by atomic mass is 16.5. The Morgan fingerprint density at radius 2 is 1.62 bits per heavy atom. The molecule has 3 aromatic rings. The van der Waals surface area contributed by atoms with Gasteiger partial charge in [0.25, 0.3) is 5.91 Å². The first kappa shape index (κ1) is 34.5. The lowest BCUT2D eigenvalue weighted by molar-refractivity contribution is -0.141. The molecule has 1 saturated carbocycles. The first-order valence-corrected chi connectivity index (χ1v) is 17.2. The van der Waals surface area contributed by atoms with Crippen LogP contribution in [0.5, 0.6) is 0 Å². The summed E-state index contributed by atoms with van der Waals surface area (Å²) in [6, 6.07) is 12.9. The van der Waals surface area contributed by atoms with Crippen LogP contribution in [0.4, 0.5) is 0 Å². The molecule has 2 aliphatic rings. The maximum atomic E-state index is 13.1. The van der Waals surface area contributed by atoms with Gasteiger partial charge in [-0.2, -0.15) is 0 Å². The van der Waals surface area contributed by atoms with Gasteiger partial charge >= 0.3 is 5.97 Å². The number of nitrogens with zero attached hydrogens (tertiary/aromatic N) is 2. The molecule has 0 radical (unpaired) electrons. The molecule has 2 aliphatic carbocycles. The predicted molar refractivity (Wildman–Crippen MR) is 185 cm³/mol. The Morgan fingerprint density at radius 3 is 2.25 bits per heavy atom. The SMILES string of the molecule is CCCCCCCOC1=CCC(c2cnc(-c3ccc(C[C@H](NC(=O)c4ccc(C5CC5)cc4)C(=O)N[C@H](C)C(=O)O)cc3)nc2)C=C1. The minimum Gasteiger partial charge on any atom is -0.494 e. The zero-order valence-corrected chi connectivity index (χ0v) is 27.9. The Hall–Kier alpha value is -4.79. The van der Waals surface area contributed by atoms with Crippen molar-refractivity contribution in [2.45, 2.75) is 95.6 Å². The summed E-state index contributed by atoms with van der Waals surface area (Å²) in [5.41, 5.74) is 4.30. The van der Waals surface area contributed by atoms with E-state index >= 15 is 0 Å². The van der Waals surface area contributed by atoms with Crippen LogP contribution >= 0.6 is 0 Å². The Bertz CT molecular complexity index is 1590. The monoisotopic (exact) mass is 650 g/mol. The smallest absolute Gasteiger partial charge is 0.325 e. The second kappa shape index (κ2) is 16.9. The molecule has 1 heterocycles. The van der Waals surface area contributed by atoms with E-state index in [1.807, 2.05) is 54.9 Å². The molecule has 0 bridgehead atoms. The van der Waals surface area contributed by atoms with Gasteiger partial charge in [-0.05, 0) is 79.5 Å². The van der Waals surface area contributed by atoms with Crippen molar-refractivity contribution in [3.63, 3.8) is 0 Å². The fourth-order valence-corrected chi connectivity index (χ4v) is 5.70. The fourth-order valence-electron chi connectivity index (χ4n) is 5.70. The van der Waals surface area contributed by atoms with Crippen LogP contribution in [0.15, 0.2) is 84.9 Å². The molecule has 0 saturated heterocycles. The first-order valence-electron chi connectivity index (χ1n) is 17.2. The van der Waals surface area contributed by atoms with E-state index in [1.54, 1.807) is 12.1 Å². The highest BCUT2D eigenvalue weighted by molar-refractivity contribution is 5.98. The lowest BCUT2D eigenvalue weighted by Gasteiger charge is -2.20. The molecule has 5 rings (SSSR count). The summed E-state index contributed by atoms with van der Waals surface area (Å²) in [6.45, 7) is 4.36. The van der Waals surface area contributed by atoms with Gasteiger partial charge in [0.05, 0.1) is 6.61 Å². The van der Waals surface area contributed by atoms with Crippen LogP contribution in [0.25, 0.3) is 11.4 Å². The molecule has 1 fully saturated rings. The zero-order chi connectivity index (χ0) is 33.9. The van der Waals surface area contributed by atoms with E-state index in [1.165, 1.54) is 38.2 Å². The van der Waals surface area contributed by atoms with Gasteiger partial charge in [0.15, 0.2) is 5.82 Å². The number of benzene rings is 2. The van der Waals surface area contributed by atoms with Crippen LogP contribution in [-0.4, -0.2) is 51.5 Å². The summed E-state index contributed by atoms with van der Waals surface area (Å²) < 4.78 is 5.93. The van der Waals surface area contributed by atoms with Crippen LogP contribution in [0.2, 0.25) is 0 Å². The quantitative estimate of drug-likeness (QED) is 0.136. The van der Waals surface area contributed by atoms with E-state index in [0.717, 1.165) is 54.7 Å². The molecule has 1 aromatic heterocycles. The van der Waals surface area contributed by atoms with Crippen molar-refractivity contribution >= 4 is 17.8 Å². The molecule has 2 aromatic carbocycles. The van der Waals surface area contributed by atoms with E-state index in [4.69, 9.17) is 4.74 Å². The van der Waals surface area contributed by atoms with Crippen molar-refractivity contribution in [1.82, 2.24) is 20.6 Å². The molecule has 0 spiro atoms. The van der Waals surface area contributed by atoms with Crippen LogP contribution in [0.3, 0.4) is 0 Å². The van der Waals surface area contributed by atoms with Gasteiger partial charge in [0.1, 0.15) is 17.8 Å². The highest BCUT2D eigenvalue weighted by Gasteiger charge is 2.26. The average molecular weight is 651 g/mol. The van der Waals surface area contributed by atoms with E-state index in [-0.39, 0.29) is 12.3 Å². The maximum absolute atomic E-state index is 13.1. The third-order valence-electron chi connectivity index (χ3n) is 8.91. The molecule has 3 N–H and O–H groups in total. The van der Waals surface area contributed by atoms with E-state index < -0.39 is 29.9 Å². The molecule has 48 heavy (non-hydrogen) atoms. The number of nitrogens with one attached hydrogen (secondary N) is 2. The molecule has 9 nitrogen and oxygen atoms in total. The number of allylic oxidation sites excluding steroid dienone is 3. The normalized spacial score (nSPS) is 16.8. The number of hydrogen-bond donors (Lipinski definition) is 3. The van der Waals surface area contributed by atoms with Crippen molar-refractivity contribution in [3.8, 4) is 11.4 Å². The number of unbranched alkanes of at least 4 members (excludes halogenated alkanes) is 4. The summed E-state index contributed by atoms with van der Waals surface area (Å²) >= 11 is 0. The first-order chi connectivity index (χ1) is 23.3. The molecule has 2 amide bonds. The summed E-state index contributed by atoms with van der Waals surface area (Å²) in [4.78, 5) is 46.8. The lowest BCUT2D eigenvalue weighted by Crippen LogP contribution is -2.51. The van der Waals surface area contributed by atoms with Gasteiger partial charge in [0, 0.05) is 35.9 Å². The molecule has 0 aliphatic heterocycles. The largest absolute Gasteiger partial charge is 0.494 e. The third-order valence-corrected chi connectivity index (χ3v) is 8.91. The second-order valence-corrected chi connectivity index (χ2v) is 12.8. The van der Waals surface area contributed by atoms with E-state index in [2.05, 4.69) is 39.7 Å². The van der Waals surface area contributed by atoms with Crippen molar-refractivity contribution in [3.05, 3.63) is 107 Å². The lowest BCUT2D eigenvalue weighted by atomic mass is 9.94. The van der Waals surface area contributed by atoms with Gasteiger partial charge in [-0.25, -0.2) is 9.97 Å². The number of rotatable bonds is 17. The molecular weight excluding hydrogens is 604 g/mol. The number of hydrogen-bond acceptors (Lipinski definition) is 6. The Kier molecular flexibility index (Phi) is 12.1. The summed E-state index contributed by atoms with van der Waals surface area (Å²) in [6.07, 6.45) is 19.4. The number of ether oxygens (including phenoxy) is 1. The topological polar surface area (TPSA) is 131 Å². The molecule has 252 valence electrons. The molecule has 1 unspecified atom stereocenters. The van der Waals surface area contributed by atoms with Gasteiger partial charge in [-0.15, -0.1) is 0 Å². The molecular formula is C39H46N4O5. The van der Waals surface area contributed by atoms with Crippen LogP contribution in [0.1, 0.15) is 104 Å². The molecule has 9 heteroatoms. The highest BCUT2D eigenvalue weighted by Crippen LogP contribution is 2.39. The van der Waals surface area contributed by atoms with Crippen molar-refractivity contribution < 1.29 is 24.2 Å². The standard InChI is InChI=1S/C39H46N4O5/c1-3-4-5-6-7-22-48-34-20-18-30(19-21-34)33-24-40-36(41-25-33)31-10-8-27(9-11-31)23-35(38(45)42-26(2)39(46)47)43-37(44)32-16-14-29(15-17-32)28-12-13-28/h8-11,14-18,20-21,24-26,28,30,35H,3-7,12-13,19,22-23H2,1-2H3,(H,42,45)(H,43,44)(H,46,47)/t26-,30?,35+/m1/s1. The second-order valence-electron chi connectivity index (χ2n) is 12.8. The van der Waals surface area contributed by atoms with Crippen LogP contribution in [-0.2, 0) is 20.7 Å². The van der Waals surface area contributed by atoms with Crippen molar-refractivity contribution in [2.75, 3.05) is 6.61 Å². The van der Waals surface area contributed by atoms with Gasteiger partial charge in [-0.1, -0.05) is 75.1 Å². The average Bonchev–Trinajstić information content (AvgIpc) is 3.96. The zero-order valence-electron chi connectivity index (χ0n) is 27.9. The Morgan fingerprint density at radius 1 is 0.917 bits per heavy atom. The van der Waals surface area contributed by atoms with E-state index in [9.17, 15) is 19.5 Å². The summed E-state index contributed by atoms with van der Waals surface area (Å²) in [5.74, 6) is 0.158. The number of aliphatic carboxylic acids is 1. The number of carbonyl (C=O) groups is 3. The minimum atomic E-state index is -1.15.